The average Bonchev–Trinajstić information content (AvgIpc) is 2.08. The minimum atomic E-state index is -1.14. The van der Waals surface area contributed by atoms with Gasteiger partial charge >= 0.3 is 12.1 Å². The number of carbonyl (C=O) groups is 2. The number of aliphatic carboxylic acids is 1. The highest BCUT2D eigenvalue weighted by molar-refractivity contribution is 5.79. The second kappa shape index (κ2) is 6.44. The number of alkyl carbamates (subject to hydrolysis) is 1. The molecule has 0 aliphatic rings. The van der Waals surface area contributed by atoms with Crippen LogP contribution in [0.15, 0.2) is 0 Å². The average molecular weight is 247 g/mol. The topological polar surface area (TPSA) is 95.9 Å². The lowest BCUT2D eigenvalue weighted by molar-refractivity contribution is -0.139. The number of ether oxygens (including phenoxy) is 1. The number of aliphatic hydroxyl groups excluding tert-OH is 1. The van der Waals surface area contributed by atoms with Gasteiger partial charge in [-0.1, -0.05) is 0 Å². The number of aliphatic hydroxyl groups is 1. The molecule has 0 aromatic carbocycles. The first-order valence-corrected chi connectivity index (χ1v) is 5.52. The van der Waals surface area contributed by atoms with E-state index in [0.717, 1.165) is 0 Å². The van der Waals surface area contributed by atoms with E-state index < -0.39 is 29.8 Å². The summed E-state index contributed by atoms with van der Waals surface area (Å²) in [4.78, 5) is 22.2. The molecule has 0 saturated carbocycles. The Hall–Kier alpha value is -1.30. The summed E-state index contributed by atoms with van der Waals surface area (Å²) in [7, 11) is 0. The molecule has 6 nitrogen and oxygen atoms in total. The summed E-state index contributed by atoms with van der Waals surface area (Å²) in [6.07, 6.45) is -0.910. The summed E-state index contributed by atoms with van der Waals surface area (Å²) in [5, 5.41) is 20.2. The normalized spacial score (nSPS) is 14.9. The molecule has 17 heavy (non-hydrogen) atoms. The molecule has 100 valence electrons. The van der Waals surface area contributed by atoms with E-state index in [4.69, 9.17) is 14.9 Å². The van der Waals surface area contributed by atoms with Gasteiger partial charge in [0.25, 0.3) is 0 Å². The van der Waals surface area contributed by atoms with Gasteiger partial charge in [-0.05, 0) is 40.5 Å². The molecule has 3 N–H and O–H groups in total. The Morgan fingerprint density at radius 1 is 1.29 bits per heavy atom. The summed E-state index contributed by atoms with van der Waals surface area (Å²) < 4.78 is 4.95. The van der Waals surface area contributed by atoms with Gasteiger partial charge in [-0.2, -0.15) is 0 Å². The molecule has 2 atom stereocenters. The van der Waals surface area contributed by atoms with E-state index in [1.165, 1.54) is 0 Å². The lowest BCUT2D eigenvalue weighted by Crippen LogP contribution is -2.43. The van der Waals surface area contributed by atoms with Crippen LogP contribution in [-0.4, -0.2) is 40.0 Å². The number of rotatable bonds is 5. The summed E-state index contributed by atoms with van der Waals surface area (Å²) in [5.41, 5.74) is -0.669. The third-order valence-electron chi connectivity index (χ3n) is 1.86. The Balaban J connectivity index is 4.26. The highest BCUT2D eigenvalue weighted by Crippen LogP contribution is 2.08. The minimum absolute atomic E-state index is 0.159. The van der Waals surface area contributed by atoms with Crippen LogP contribution in [0.5, 0.6) is 0 Å². The van der Waals surface area contributed by atoms with Crippen LogP contribution >= 0.6 is 0 Å². The number of hydrogen-bond acceptors (Lipinski definition) is 4. The molecule has 6 heteroatoms. The summed E-state index contributed by atoms with van der Waals surface area (Å²) in [5.74, 6) is -1.14. The number of carboxylic acid groups (broad SMARTS) is 1. The van der Waals surface area contributed by atoms with E-state index in [1.54, 1.807) is 27.7 Å². The molecule has 0 fully saturated rings. The first-order chi connectivity index (χ1) is 7.61. The maximum Gasteiger partial charge on any atom is 0.408 e. The summed E-state index contributed by atoms with van der Waals surface area (Å²) in [6, 6.07) is -1.04. The first kappa shape index (κ1) is 15.7. The Labute approximate surface area is 101 Å². The van der Waals surface area contributed by atoms with Crippen LogP contribution in [0.2, 0.25) is 0 Å². The van der Waals surface area contributed by atoms with E-state index >= 15 is 0 Å². The third-order valence-corrected chi connectivity index (χ3v) is 1.86. The molecule has 0 bridgehead atoms. The predicted octanol–water partition coefficient (Wildman–Crippen LogP) is 1.13. The van der Waals surface area contributed by atoms with Crippen molar-refractivity contribution in [2.24, 2.45) is 0 Å². The minimum Gasteiger partial charge on any atom is -0.480 e. The van der Waals surface area contributed by atoms with Crippen LogP contribution in [0, 0.1) is 0 Å². The lowest BCUT2D eigenvalue weighted by atomic mass is 10.1. The van der Waals surface area contributed by atoms with E-state index in [-0.39, 0.29) is 6.42 Å². The maximum atomic E-state index is 11.4. The fraction of sp³-hybridized carbons (Fsp3) is 0.818. The van der Waals surface area contributed by atoms with Crippen molar-refractivity contribution in [2.75, 3.05) is 0 Å². The molecular weight excluding hydrogens is 226 g/mol. The molecule has 0 heterocycles. The lowest BCUT2D eigenvalue weighted by Gasteiger charge is -2.22. The van der Waals surface area contributed by atoms with Crippen LogP contribution in [0.1, 0.15) is 40.5 Å². The Bertz CT molecular complexity index is 270. The van der Waals surface area contributed by atoms with E-state index in [1.807, 2.05) is 0 Å². The molecule has 0 spiro atoms. The standard InChI is InChI=1S/C11H21NO5/c1-7(13)5-6-8(9(14)15)12-10(16)17-11(2,3)4/h7-8,13H,5-6H2,1-4H3,(H,12,16)(H,14,15)/t7?,8-/m1/s1. The fourth-order valence-electron chi connectivity index (χ4n) is 1.12. The van der Waals surface area contributed by atoms with Crippen molar-refractivity contribution in [3.05, 3.63) is 0 Å². The quantitative estimate of drug-likeness (QED) is 0.676. The molecule has 0 saturated heterocycles. The molecule has 0 aromatic heterocycles. The van der Waals surface area contributed by atoms with Gasteiger partial charge in [0.15, 0.2) is 0 Å². The fourth-order valence-corrected chi connectivity index (χ4v) is 1.12. The molecule has 0 rings (SSSR count). The Morgan fingerprint density at radius 3 is 2.18 bits per heavy atom. The second-order valence-corrected chi connectivity index (χ2v) is 4.96. The SMILES string of the molecule is CC(O)CC[C@@H](NC(=O)OC(C)(C)C)C(=O)O. The predicted molar refractivity (Wildman–Crippen MR) is 61.7 cm³/mol. The molecule has 0 aliphatic heterocycles. The van der Waals surface area contributed by atoms with Crippen molar-refractivity contribution in [2.45, 2.75) is 58.3 Å². The maximum absolute atomic E-state index is 11.4. The van der Waals surface area contributed by atoms with Crippen molar-refractivity contribution in [1.82, 2.24) is 5.32 Å². The van der Waals surface area contributed by atoms with Crippen LogP contribution in [0.25, 0.3) is 0 Å². The third kappa shape index (κ3) is 8.50. The summed E-state index contributed by atoms with van der Waals surface area (Å²) in [6.45, 7) is 6.64. The van der Waals surface area contributed by atoms with Crippen LogP contribution < -0.4 is 5.32 Å². The zero-order valence-corrected chi connectivity index (χ0v) is 10.7. The number of hydrogen-bond donors (Lipinski definition) is 3. The van der Waals surface area contributed by atoms with Gasteiger partial charge in [-0.25, -0.2) is 9.59 Å². The van der Waals surface area contributed by atoms with Gasteiger partial charge in [0.2, 0.25) is 0 Å². The molecular formula is C11H21NO5. The highest BCUT2D eigenvalue weighted by atomic mass is 16.6. The largest absolute Gasteiger partial charge is 0.480 e. The first-order valence-electron chi connectivity index (χ1n) is 5.52. The van der Waals surface area contributed by atoms with E-state index in [2.05, 4.69) is 5.32 Å². The van der Waals surface area contributed by atoms with Gasteiger partial charge < -0.3 is 20.3 Å². The Morgan fingerprint density at radius 2 is 1.82 bits per heavy atom. The Kier molecular flexibility index (Phi) is 5.95. The van der Waals surface area contributed by atoms with E-state index in [9.17, 15) is 9.59 Å². The molecule has 0 aliphatic carbocycles. The van der Waals surface area contributed by atoms with Gasteiger partial charge in [-0.15, -0.1) is 0 Å². The number of carbonyl (C=O) groups excluding carboxylic acids is 1. The zero-order chi connectivity index (χ0) is 13.6. The van der Waals surface area contributed by atoms with Crippen LogP contribution in [0.3, 0.4) is 0 Å². The molecule has 1 unspecified atom stereocenters. The number of amides is 1. The summed E-state index contributed by atoms with van der Waals surface area (Å²) >= 11 is 0. The van der Waals surface area contributed by atoms with Crippen molar-refractivity contribution in [1.29, 1.82) is 0 Å². The van der Waals surface area contributed by atoms with Crippen molar-refractivity contribution in [3.63, 3.8) is 0 Å². The van der Waals surface area contributed by atoms with Gasteiger partial charge in [0, 0.05) is 0 Å². The highest BCUT2D eigenvalue weighted by Gasteiger charge is 2.23. The number of carboxylic acids is 1. The number of nitrogens with one attached hydrogen (secondary N) is 1. The van der Waals surface area contributed by atoms with Gasteiger partial charge in [-0.3, -0.25) is 0 Å². The monoisotopic (exact) mass is 247 g/mol. The van der Waals surface area contributed by atoms with Gasteiger partial charge in [0.05, 0.1) is 6.10 Å². The molecule has 0 aromatic rings. The van der Waals surface area contributed by atoms with Crippen LogP contribution in [-0.2, 0) is 9.53 Å². The molecule has 1 amide bonds. The molecule has 0 radical (unpaired) electrons. The smallest absolute Gasteiger partial charge is 0.408 e. The van der Waals surface area contributed by atoms with Crippen molar-refractivity contribution < 1.29 is 24.5 Å². The van der Waals surface area contributed by atoms with Crippen LogP contribution in [0.4, 0.5) is 4.79 Å². The second-order valence-electron chi connectivity index (χ2n) is 4.96. The zero-order valence-electron chi connectivity index (χ0n) is 10.7. The van der Waals surface area contributed by atoms with Crippen molar-refractivity contribution in [3.8, 4) is 0 Å². The van der Waals surface area contributed by atoms with Crippen molar-refractivity contribution >= 4 is 12.1 Å². The van der Waals surface area contributed by atoms with E-state index in [0.29, 0.717) is 6.42 Å². The van der Waals surface area contributed by atoms with Gasteiger partial charge in [0.1, 0.15) is 11.6 Å².